The highest BCUT2D eigenvalue weighted by molar-refractivity contribution is 5.87. The summed E-state index contributed by atoms with van der Waals surface area (Å²) in [7, 11) is 0. The summed E-state index contributed by atoms with van der Waals surface area (Å²) in [5.74, 6) is 0.426. The number of rotatable bonds is 5. The number of carbonyl (C=O) groups is 1. The van der Waals surface area contributed by atoms with Crippen molar-refractivity contribution >= 4 is 5.97 Å². The third-order valence-electron chi connectivity index (χ3n) is 2.45. The van der Waals surface area contributed by atoms with Gasteiger partial charge >= 0.3 is 5.97 Å². The van der Waals surface area contributed by atoms with E-state index >= 15 is 0 Å². The molecule has 0 fully saturated rings. The van der Waals surface area contributed by atoms with E-state index in [-0.39, 0.29) is 11.6 Å². The van der Waals surface area contributed by atoms with Crippen molar-refractivity contribution in [2.24, 2.45) is 0 Å². The monoisotopic (exact) mass is 235 g/mol. The average Bonchev–Trinajstić information content (AvgIpc) is 2.97. The third-order valence-corrected chi connectivity index (χ3v) is 2.45. The Hall–Kier alpha value is -2.01. The van der Waals surface area contributed by atoms with Gasteiger partial charge in [-0.05, 0) is 25.1 Å². The molecule has 0 saturated carbocycles. The van der Waals surface area contributed by atoms with E-state index in [1.54, 1.807) is 6.26 Å². The molecule has 17 heavy (non-hydrogen) atoms. The first-order chi connectivity index (χ1) is 8.16. The summed E-state index contributed by atoms with van der Waals surface area (Å²) in [6.07, 6.45) is 2.85. The molecule has 0 amide bonds. The quantitative estimate of drug-likeness (QED) is 0.832. The number of carboxylic acid groups (broad SMARTS) is 1. The van der Waals surface area contributed by atoms with Crippen molar-refractivity contribution in [2.75, 3.05) is 0 Å². The van der Waals surface area contributed by atoms with Gasteiger partial charge in [0.2, 0.25) is 0 Å². The zero-order chi connectivity index (χ0) is 12.3. The normalized spacial score (nSPS) is 12.5. The first kappa shape index (κ1) is 11.5. The van der Waals surface area contributed by atoms with E-state index in [1.807, 2.05) is 19.1 Å². The number of hydrogen-bond donors (Lipinski definition) is 2. The van der Waals surface area contributed by atoms with Gasteiger partial charge in [0.05, 0.1) is 24.4 Å². The minimum Gasteiger partial charge on any atom is -0.478 e. The Bertz CT molecular complexity index is 486. The Morgan fingerprint density at radius 2 is 2.35 bits per heavy atom. The van der Waals surface area contributed by atoms with Gasteiger partial charge in [0.25, 0.3) is 0 Å². The topological polar surface area (TPSA) is 75.6 Å². The molecule has 2 heterocycles. The van der Waals surface area contributed by atoms with Gasteiger partial charge in [-0.2, -0.15) is 0 Å². The van der Waals surface area contributed by atoms with Gasteiger partial charge in [-0.15, -0.1) is 0 Å². The lowest BCUT2D eigenvalue weighted by Gasteiger charge is -2.09. The van der Waals surface area contributed by atoms with Gasteiger partial charge in [0, 0.05) is 0 Å². The molecule has 0 radical (unpaired) electrons. The zero-order valence-electron chi connectivity index (χ0n) is 9.34. The van der Waals surface area contributed by atoms with Crippen LogP contribution in [-0.4, -0.2) is 11.1 Å². The number of furan rings is 2. The number of nitrogens with one attached hydrogen (secondary N) is 1. The highest BCUT2D eigenvalue weighted by atomic mass is 16.4. The molecule has 0 aliphatic carbocycles. The molecule has 2 aromatic heterocycles. The molecule has 2 aromatic rings. The van der Waals surface area contributed by atoms with E-state index < -0.39 is 5.97 Å². The minimum atomic E-state index is -0.987. The summed E-state index contributed by atoms with van der Waals surface area (Å²) >= 11 is 0. The molecule has 2 N–H and O–H groups in total. The molecular weight excluding hydrogens is 222 g/mol. The molecule has 0 spiro atoms. The molecule has 5 nitrogen and oxygen atoms in total. The lowest BCUT2D eigenvalue weighted by molar-refractivity contribution is 0.0696. The molecule has 0 bridgehead atoms. The molecule has 2 rings (SSSR count). The first-order valence-electron chi connectivity index (χ1n) is 5.24. The van der Waals surface area contributed by atoms with E-state index in [2.05, 4.69) is 5.32 Å². The zero-order valence-corrected chi connectivity index (χ0v) is 9.34. The van der Waals surface area contributed by atoms with Crippen LogP contribution in [0.25, 0.3) is 0 Å². The molecule has 0 aromatic carbocycles. The van der Waals surface area contributed by atoms with E-state index in [9.17, 15) is 4.79 Å². The summed E-state index contributed by atoms with van der Waals surface area (Å²) in [4.78, 5) is 10.6. The van der Waals surface area contributed by atoms with Crippen LogP contribution in [0.1, 0.15) is 34.8 Å². The Morgan fingerprint density at radius 3 is 2.94 bits per heavy atom. The maximum atomic E-state index is 10.6. The molecular formula is C12H13NO4. The van der Waals surface area contributed by atoms with Crippen LogP contribution in [0, 0.1) is 0 Å². The van der Waals surface area contributed by atoms with Gasteiger partial charge in [-0.3, -0.25) is 0 Å². The van der Waals surface area contributed by atoms with E-state index in [0.717, 1.165) is 5.76 Å². The van der Waals surface area contributed by atoms with Crippen LogP contribution >= 0.6 is 0 Å². The van der Waals surface area contributed by atoms with Crippen LogP contribution in [0.15, 0.2) is 39.6 Å². The molecule has 5 heteroatoms. The van der Waals surface area contributed by atoms with E-state index in [0.29, 0.717) is 12.3 Å². The van der Waals surface area contributed by atoms with Crippen LogP contribution in [-0.2, 0) is 6.54 Å². The summed E-state index contributed by atoms with van der Waals surface area (Å²) in [5.41, 5.74) is 0.160. The van der Waals surface area contributed by atoms with Gasteiger partial charge in [0.1, 0.15) is 17.8 Å². The van der Waals surface area contributed by atoms with Crippen molar-refractivity contribution in [3.8, 4) is 0 Å². The van der Waals surface area contributed by atoms with Gasteiger partial charge < -0.3 is 19.3 Å². The molecule has 0 aliphatic heterocycles. The van der Waals surface area contributed by atoms with E-state index in [1.165, 1.54) is 12.3 Å². The highest BCUT2D eigenvalue weighted by Gasteiger charge is 2.11. The third kappa shape index (κ3) is 2.76. The van der Waals surface area contributed by atoms with Crippen LogP contribution < -0.4 is 5.32 Å². The van der Waals surface area contributed by atoms with Crippen LogP contribution in [0.5, 0.6) is 0 Å². The fraction of sp³-hybridized carbons (Fsp3) is 0.250. The van der Waals surface area contributed by atoms with Crippen molar-refractivity contribution < 1.29 is 18.7 Å². The number of aromatic carboxylic acids is 1. The van der Waals surface area contributed by atoms with Gasteiger partial charge in [-0.1, -0.05) is 0 Å². The fourth-order valence-electron chi connectivity index (χ4n) is 1.48. The molecule has 0 aliphatic rings. The predicted octanol–water partition coefficient (Wildman–Crippen LogP) is 2.42. The van der Waals surface area contributed by atoms with Crippen molar-refractivity contribution in [2.45, 2.75) is 19.5 Å². The van der Waals surface area contributed by atoms with Crippen LogP contribution in [0.4, 0.5) is 0 Å². The Kier molecular flexibility index (Phi) is 3.30. The second-order valence-corrected chi connectivity index (χ2v) is 3.72. The first-order valence-corrected chi connectivity index (χ1v) is 5.24. The average molecular weight is 235 g/mol. The summed E-state index contributed by atoms with van der Waals surface area (Å²) in [6.45, 7) is 2.41. The Labute approximate surface area is 98.0 Å². The van der Waals surface area contributed by atoms with Crippen LogP contribution in [0.2, 0.25) is 0 Å². The maximum Gasteiger partial charge on any atom is 0.338 e. The van der Waals surface area contributed by atoms with Crippen molar-refractivity contribution in [1.29, 1.82) is 0 Å². The second kappa shape index (κ2) is 4.88. The number of hydrogen-bond acceptors (Lipinski definition) is 4. The SMILES string of the molecule is CC(NCc1cc(C(=O)O)co1)c1ccco1. The minimum absolute atomic E-state index is 0.0448. The molecule has 90 valence electrons. The summed E-state index contributed by atoms with van der Waals surface area (Å²) in [5, 5.41) is 11.9. The predicted molar refractivity (Wildman–Crippen MR) is 59.6 cm³/mol. The fourth-order valence-corrected chi connectivity index (χ4v) is 1.48. The van der Waals surface area contributed by atoms with Crippen molar-refractivity contribution in [3.05, 3.63) is 47.8 Å². The lowest BCUT2D eigenvalue weighted by atomic mass is 10.2. The smallest absolute Gasteiger partial charge is 0.338 e. The molecule has 0 saturated heterocycles. The van der Waals surface area contributed by atoms with E-state index in [4.69, 9.17) is 13.9 Å². The van der Waals surface area contributed by atoms with Crippen molar-refractivity contribution in [1.82, 2.24) is 5.32 Å². The largest absolute Gasteiger partial charge is 0.478 e. The Balaban J connectivity index is 1.91. The standard InChI is InChI=1S/C12H13NO4/c1-8(11-3-2-4-16-11)13-6-10-5-9(7-17-10)12(14)15/h2-5,7-8,13H,6H2,1H3,(H,14,15). The molecule has 1 atom stereocenters. The van der Waals surface area contributed by atoms with Gasteiger partial charge in [-0.25, -0.2) is 4.79 Å². The van der Waals surface area contributed by atoms with Crippen molar-refractivity contribution in [3.63, 3.8) is 0 Å². The van der Waals surface area contributed by atoms with Crippen LogP contribution in [0.3, 0.4) is 0 Å². The lowest BCUT2D eigenvalue weighted by Crippen LogP contribution is -2.17. The Morgan fingerprint density at radius 1 is 1.53 bits per heavy atom. The summed E-state index contributed by atoms with van der Waals surface area (Å²) in [6, 6.07) is 5.25. The summed E-state index contributed by atoms with van der Waals surface area (Å²) < 4.78 is 10.4. The maximum absolute atomic E-state index is 10.6. The highest BCUT2D eigenvalue weighted by Crippen LogP contribution is 2.14. The van der Waals surface area contributed by atoms with Gasteiger partial charge in [0.15, 0.2) is 0 Å². The second-order valence-electron chi connectivity index (χ2n) is 3.72. The molecule has 1 unspecified atom stereocenters. The number of carboxylic acids is 1.